The predicted octanol–water partition coefficient (Wildman–Crippen LogP) is 2.81. The van der Waals surface area contributed by atoms with Crippen molar-refractivity contribution in [2.24, 2.45) is 4.99 Å². The van der Waals surface area contributed by atoms with Gasteiger partial charge in [0, 0.05) is 0 Å². The molecule has 1 aliphatic rings. The van der Waals surface area contributed by atoms with Crippen LogP contribution in [0.4, 0.5) is 0 Å². The SMILES string of the molecule is CCOC(=O)C1=C(C)N=c2s/c(=C\c3cccc(OC)c3)c(=O)n2[C@H]1c1ccccc1. The van der Waals surface area contributed by atoms with Crippen LogP contribution in [0.25, 0.3) is 6.08 Å². The van der Waals surface area contributed by atoms with Crippen molar-refractivity contribution in [3.8, 4) is 5.75 Å². The van der Waals surface area contributed by atoms with Gasteiger partial charge in [-0.2, -0.15) is 0 Å². The van der Waals surface area contributed by atoms with Gasteiger partial charge < -0.3 is 9.47 Å². The second kappa shape index (κ2) is 8.73. The second-order valence-corrected chi connectivity index (χ2v) is 8.00. The number of carbonyl (C=O) groups is 1. The second-order valence-electron chi connectivity index (χ2n) is 6.99. The monoisotopic (exact) mass is 434 g/mol. The molecule has 0 bridgehead atoms. The smallest absolute Gasteiger partial charge is 0.338 e. The van der Waals surface area contributed by atoms with E-state index in [0.29, 0.717) is 26.4 Å². The van der Waals surface area contributed by atoms with Crippen LogP contribution >= 0.6 is 11.3 Å². The first-order valence-electron chi connectivity index (χ1n) is 9.92. The first kappa shape index (κ1) is 20.8. The lowest BCUT2D eigenvalue weighted by Crippen LogP contribution is -2.39. The van der Waals surface area contributed by atoms with E-state index in [9.17, 15) is 9.59 Å². The molecule has 0 saturated heterocycles. The molecule has 0 spiro atoms. The number of fused-ring (bicyclic) bond motifs is 1. The maximum atomic E-state index is 13.5. The van der Waals surface area contributed by atoms with Crippen molar-refractivity contribution in [2.45, 2.75) is 19.9 Å². The summed E-state index contributed by atoms with van der Waals surface area (Å²) in [4.78, 5) is 31.4. The van der Waals surface area contributed by atoms with E-state index < -0.39 is 12.0 Å². The Hall–Kier alpha value is -3.45. The van der Waals surface area contributed by atoms with Crippen molar-refractivity contribution in [3.63, 3.8) is 0 Å². The highest BCUT2D eigenvalue weighted by molar-refractivity contribution is 7.07. The third-order valence-electron chi connectivity index (χ3n) is 5.02. The number of nitrogens with zero attached hydrogens (tertiary/aromatic N) is 2. The van der Waals surface area contributed by atoms with Crippen LogP contribution in [-0.2, 0) is 9.53 Å². The third kappa shape index (κ3) is 3.96. The standard InChI is InChI=1S/C24H22N2O4S/c1-4-30-23(28)20-15(2)25-24-26(21(20)17-10-6-5-7-11-17)22(27)19(31-24)14-16-9-8-12-18(13-16)29-3/h5-14,21H,4H2,1-3H3/b19-14-/t21-/m0/s1. The van der Waals surface area contributed by atoms with Crippen LogP contribution in [-0.4, -0.2) is 24.3 Å². The van der Waals surface area contributed by atoms with Crippen molar-refractivity contribution >= 4 is 23.4 Å². The molecule has 158 valence electrons. The molecular weight excluding hydrogens is 412 g/mol. The summed E-state index contributed by atoms with van der Waals surface area (Å²) in [6, 6.07) is 16.4. The number of methoxy groups -OCH3 is 1. The lowest BCUT2D eigenvalue weighted by molar-refractivity contribution is -0.139. The molecule has 0 unspecified atom stereocenters. The molecule has 4 rings (SSSR count). The largest absolute Gasteiger partial charge is 0.497 e. The highest BCUT2D eigenvalue weighted by Crippen LogP contribution is 2.30. The van der Waals surface area contributed by atoms with Crippen LogP contribution in [0.5, 0.6) is 5.75 Å². The molecule has 2 heterocycles. The maximum Gasteiger partial charge on any atom is 0.338 e. The van der Waals surface area contributed by atoms with E-state index >= 15 is 0 Å². The Morgan fingerprint density at radius 3 is 2.68 bits per heavy atom. The van der Waals surface area contributed by atoms with Crippen molar-refractivity contribution in [3.05, 3.63) is 96.7 Å². The molecule has 1 aromatic heterocycles. The number of aromatic nitrogens is 1. The molecule has 6 nitrogen and oxygen atoms in total. The van der Waals surface area contributed by atoms with Crippen molar-refractivity contribution in [2.75, 3.05) is 13.7 Å². The van der Waals surface area contributed by atoms with Gasteiger partial charge in [-0.15, -0.1) is 0 Å². The molecule has 3 aromatic rings. The number of hydrogen-bond acceptors (Lipinski definition) is 6. The zero-order chi connectivity index (χ0) is 22.0. The maximum absolute atomic E-state index is 13.5. The van der Waals surface area contributed by atoms with Crippen LogP contribution in [0, 0.1) is 0 Å². The Morgan fingerprint density at radius 1 is 1.19 bits per heavy atom. The fourth-order valence-corrected chi connectivity index (χ4v) is 4.67. The number of benzene rings is 2. The number of carbonyl (C=O) groups excluding carboxylic acids is 1. The first-order valence-corrected chi connectivity index (χ1v) is 10.7. The van der Waals surface area contributed by atoms with E-state index in [0.717, 1.165) is 11.1 Å². The zero-order valence-corrected chi connectivity index (χ0v) is 18.3. The van der Waals surface area contributed by atoms with Crippen molar-refractivity contribution in [1.29, 1.82) is 0 Å². The van der Waals surface area contributed by atoms with E-state index in [1.165, 1.54) is 11.3 Å². The number of esters is 1. The molecule has 0 radical (unpaired) electrons. The Labute approximate surface area is 183 Å². The first-order chi connectivity index (χ1) is 15.0. The van der Waals surface area contributed by atoms with E-state index in [4.69, 9.17) is 9.47 Å². The lowest BCUT2D eigenvalue weighted by Gasteiger charge is -2.24. The fourth-order valence-electron chi connectivity index (χ4n) is 3.62. The van der Waals surface area contributed by atoms with Gasteiger partial charge in [0.25, 0.3) is 5.56 Å². The predicted molar refractivity (Wildman–Crippen MR) is 120 cm³/mol. The highest BCUT2D eigenvalue weighted by Gasteiger charge is 2.33. The normalized spacial score (nSPS) is 16.0. The number of rotatable bonds is 5. The average molecular weight is 435 g/mol. The molecule has 7 heteroatoms. The zero-order valence-electron chi connectivity index (χ0n) is 17.5. The van der Waals surface area contributed by atoms with E-state index in [1.807, 2.05) is 60.7 Å². The van der Waals surface area contributed by atoms with Crippen LogP contribution in [0.15, 0.2) is 75.7 Å². The number of thiazole rings is 1. The summed E-state index contributed by atoms with van der Waals surface area (Å²) in [6.45, 7) is 3.79. The van der Waals surface area contributed by atoms with E-state index in [1.54, 1.807) is 25.5 Å². The molecule has 31 heavy (non-hydrogen) atoms. The van der Waals surface area contributed by atoms with Crippen LogP contribution in [0.1, 0.15) is 31.0 Å². The fraction of sp³-hybridized carbons (Fsp3) is 0.208. The number of ether oxygens (including phenoxy) is 2. The molecule has 1 atom stereocenters. The Bertz CT molecular complexity index is 1340. The average Bonchev–Trinajstić information content (AvgIpc) is 3.08. The van der Waals surface area contributed by atoms with Gasteiger partial charge in [-0.05, 0) is 43.2 Å². The summed E-state index contributed by atoms with van der Waals surface area (Å²) in [5, 5.41) is 0. The topological polar surface area (TPSA) is 69.9 Å². The molecule has 1 aliphatic heterocycles. The molecule has 0 saturated carbocycles. The highest BCUT2D eigenvalue weighted by atomic mass is 32.1. The van der Waals surface area contributed by atoms with Gasteiger partial charge in [-0.1, -0.05) is 53.8 Å². The third-order valence-corrected chi connectivity index (χ3v) is 6.01. The van der Waals surface area contributed by atoms with Gasteiger partial charge in [0.1, 0.15) is 5.75 Å². The van der Waals surface area contributed by atoms with Gasteiger partial charge in [0.05, 0.1) is 35.6 Å². The van der Waals surface area contributed by atoms with Gasteiger partial charge in [-0.3, -0.25) is 9.36 Å². The van der Waals surface area contributed by atoms with Crippen LogP contribution in [0.3, 0.4) is 0 Å². The van der Waals surface area contributed by atoms with Gasteiger partial charge >= 0.3 is 5.97 Å². The van der Waals surface area contributed by atoms with Crippen molar-refractivity contribution in [1.82, 2.24) is 4.57 Å². The summed E-state index contributed by atoms with van der Waals surface area (Å²) >= 11 is 1.30. The summed E-state index contributed by atoms with van der Waals surface area (Å²) in [5.74, 6) is 0.254. The minimum atomic E-state index is -0.594. The summed E-state index contributed by atoms with van der Waals surface area (Å²) in [5.41, 5.74) is 2.42. The molecule has 2 aromatic carbocycles. The number of allylic oxidation sites excluding steroid dienone is 1. The van der Waals surface area contributed by atoms with Crippen molar-refractivity contribution < 1.29 is 14.3 Å². The Morgan fingerprint density at radius 2 is 1.97 bits per heavy atom. The van der Waals surface area contributed by atoms with Gasteiger partial charge in [0.15, 0.2) is 4.80 Å². The summed E-state index contributed by atoms with van der Waals surface area (Å²) in [7, 11) is 1.60. The summed E-state index contributed by atoms with van der Waals surface area (Å²) < 4.78 is 12.7. The van der Waals surface area contributed by atoms with E-state index in [2.05, 4.69) is 4.99 Å². The quantitative estimate of drug-likeness (QED) is 0.579. The van der Waals surface area contributed by atoms with Gasteiger partial charge in [-0.25, -0.2) is 9.79 Å². The Balaban J connectivity index is 1.94. The van der Waals surface area contributed by atoms with Crippen LogP contribution < -0.4 is 19.6 Å². The molecule has 0 N–H and O–H groups in total. The van der Waals surface area contributed by atoms with Crippen LogP contribution in [0.2, 0.25) is 0 Å². The molecular formula is C24H22N2O4S. The molecule has 0 aliphatic carbocycles. The number of hydrogen-bond donors (Lipinski definition) is 0. The lowest BCUT2D eigenvalue weighted by atomic mass is 9.96. The molecule has 0 amide bonds. The summed E-state index contributed by atoms with van der Waals surface area (Å²) in [6.07, 6.45) is 1.82. The molecule has 0 fully saturated rings. The van der Waals surface area contributed by atoms with E-state index in [-0.39, 0.29) is 12.2 Å². The minimum absolute atomic E-state index is 0.199. The Kier molecular flexibility index (Phi) is 5.86. The van der Waals surface area contributed by atoms with Gasteiger partial charge in [0.2, 0.25) is 0 Å². The minimum Gasteiger partial charge on any atom is -0.497 e.